The molecular weight excluding hydrogens is 160 g/mol. The van der Waals surface area contributed by atoms with Crippen LogP contribution in [0.5, 0.6) is 0 Å². The van der Waals surface area contributed by atoms with Gasteiger partial charge in [-0.3, -0.25) is 4.79 Å². The molecule has 0 amide bonds. The second-order valence-electron chi connectivity index (χ2n) is 3.63. The van der Waals surface area contributed by atoms with Gasteiger partial charge in [-0.1, -0.05) is 25.2 Å². The first-order chi connectivity index (χ1) is 6.24. The molecule has 2 atom stereocenters. The largest absolute Gasteiger partial charge is 0.295 e. The monoisotopic (exact) mass is 176 g/mol. The van der Waals surface area contributed by atoms with E-state index in [0.717, 1.165) is 18.3 Å². The Kier molecular flexibility index (Phi) is 3.76. The van der Waals surface area contributed by atoms with Crippen LogP contribution in [0.2, 0.25) is 0 Å². The van der Waals surface area contributed by atoms with Crippen LogP contribution in [-0.4, -0.2) is 5.78 Å². The number of rotatable bonds is 3. The highest BCUT2D eigenvalue weighted by Crippen LogP contribution is 2.43. The van der Waals surface area contributed by atoms with E-state index in [0.29, 0.717) is 0 Å². The van der Waals surface area contributed by atoms with Gasteiger partial charge in [0.2, 0.25) is 0 Å². The first-order valence-corrected chi connectivity index (χ1v) is 4.89. The van der Waals surface area contributed by atoms with Crippen molar-refractivity contribution in [2.75, 3.05) is 0 Å². The molecule has 1 heteroatoms. The lowest BCUT2D eigenvalue weighted by molar-refractivity contribution is -0.112. The minimum atomic E-state index is 0.0622. The second-order valence-corrected chi connectivity index (χ2v) is 3.63. The van der Waals surface area contributed by atoms with E-state index >= 15 is 0 Å². The maximum absolute atomic E-state index is 10.5. The lowest BCUT2D eigenvalue weighted by Gasteiger charge is -1.86. The number of hydrogen-bond acceptors (Lipinski definition) is 1. The molecule has 0 aromatic carbocycles. The van der Waals surface area contributed by atoms with Crippen molar-refractivity contribution < 1.29 is 4.79 Å². The zero-order valence-electron chi connectivity index (χ0n) is 8.34. The normalized spacial score (nSPS) is 25.4. The van der Waals surface area contributed by atoms with Crippen LogP contribution >= 0.6 is 0 Å². The second kappa shape index (κ2) is 4.87. The Balaban J connectivity index is 2.15. The van der Waals surface area contributed by atoms with Crippen LogP contribution in [-0.2, 0) is 4.79 Å². The fourth-order valence-corrected chi connectivity index (χ4v) is 1.47. The molecule has 0 heterocycles. The smallest absolute Gasteiger partial charge is 0.153 e. The highest BCUT2D eigenvalue weighted by molar-refractivity contribution is 5.87. The van der Waals surface area contributed by atoms with Crippen molar-refractivity contribution in [2.45, 2.75) is 33.1 Å². The van der Waals surface area contributed by atoms with Gasteiger partial charge in [-0.2, -0.15) is 0 Å². The van der Waals surface area contributed by atoms with Crippen molar-refractivity contribution in [1.29, 1.82) is 0 Å². The lowest BCUT2D eigenvalue weighted by atomic mass is 10.2. The zero-order chi connectivity index (χ0) is 9.68. The van der Waals surface area contributed by atoms with Crippen molar-refractivity contribution in [1.82, 2.24) is 0 Å². The molecule has 13 heavy (non-hydrogen) atoms. The molecule has 1 rings (SSSR count). The third kappa shape index (κ3) is 3.94. The first kappa shape index (κ1) is 10.1. The van der Waals surface area contributed by atoms with Gasteiger partial charge in [0, 0.05) is 6.42 Å². The van der Waals surface area contributed by atoms with Gasteiger partial charge >= 0.3 is 0 Å². The highest BCUT2D eigenvalue weighted by atomic mass is 16.1. The van der Waals surface area contributed by atoms with Crippen molar-refractivity contribution in [3.05, 3.63) is 12.2 Å². The molecule has 0 N–H and O–H groups in total. The van der Waals surface area contributed by atoms with E-state index < -0.39 is 0 Å². The summed E-state index contributed by atoms with van der Waals surface area (Å²) in [5.41, 5.74) is 0. The summed E-state index contributed by atoms with van der Waals surface area (Å²) in [7, 11) is 0. The predicted molar refractivity (Wildman–Crippen MR) is 54.1 cm³/mol. The van der Waals surface area contributed by atoms with E-state index in [1.807, 2.05) is 0 Å². The number of allylic oxidation sites excluding steroid dienone is 2. The first-order valence-electron chi connectivity index (χ1n) is 4.89. The molecule has 0 unspecified atom stereocenters. The third-order valence-corrected chi connectivity index (χ3v) is 2.46. The highest BCUT2D eigenvalue weighted by Gasteiger charge is 2.33. The zero-order valence-corrected chi connectivity index (χ0v) is 8.34. The molecule has 70 valence electrons. The van der Waals surface area contributed by atoms with E-state index in [1.165, 1.54) is 25.8 Å². The van der Waals surface area contributed by atoms with Gasteiger partial charge in [0.05, 0.1) is 0 Å². The summed E-state index contributed by atoms with van der Waals surface area (Å²) in [6.45, 7) is 3.76. The Hall–Kier alpha value is -1.03. The summed E-state index contributed by atoms with van der Waals surface area (Å²) in [6.07, 6.45) is 6.79. The molecule has 0 bridgehead atoms. The third-order valence-electron chi connectivity index (χ3n) is 2.46. The predicted octanol–water partition coefficient (Wildman–Crippen LogP) is 2.57. The van der Waals surface area contributed by atoms with E-state index in [1.54, 1.807) is 6.08 Å². The molecule has 0 aromatic heterocycles. The van der Waals surface area contributed by atoms with Gasteiger partial charge in [0.1, 0.15) is 0 Å². The van der Waals surface area contributed by atoms with Gasteiger partial charge in [0.15, 0.2) is 5.78 Å². The van der Waals surface area contributed by atoms with Crippen LogP contribution in [0, 0.1) is 23.7 Å². The summed E-state index contributed by atoms with van der Waals surface area (Å²) in [5, 5.41) is 0. The summed E-state index contributed by atoms with van der Waals surface area (Å²) in [4.78, 5) is 10.5. The Morgan fingerprint density at radius 1 is 1.54 bits per heavy atom. The van der Waals surface area contributed by atoms with Crippen molar-refractivity contribution in [2.24, 2.45) is 11.8 Å². The van der Waals surface area contributed by atoms with Crippen LogP contribution in [0.25, 0.3) is 0 Å². The Morgan fingerprint density at radius 3 is 2.85 bits per heavy atom. The molecule has 0 aliphatic heterocycles. The van der Waals surface area contributed by atoms with Gasteiger partial charge in [-0.25, -0.2) is 0 Å². The molecular formula is C12H16O. The van der Waals surface area contributed by atoms with Crippen LogP contribution in [0.4, 0.5) is 0 Å². The summed E-state index contributed by atoms with van der Waals surface area (Å²) in [6, 6.07) is 0. The van der Waals surface area contributed by atoms with E-state index in [2.05, 4.69) is 18.8 Å². The molecule has 1 aliphatic carbocycles. The lowest BCUT2D eigenvalue weighted by Crippen LogP contribution is -1.79. The molecule has 1 nitrogen and oxygen atoms in total. The van der Waals surface area contributed by atoms with Crippen LogP contribution in [0.15, 0.2) is 12.2 Å². The van der Waals surface area contributed by atoms with Crippen LogP contribution < -0.4 is 0 Å². The minimum absolute atomic E-state index is 0.0622. The Bertz CT molecular complexity index is 265. The summed E-state index contributed by atoms with van der Waals surface area (Å²) >= 11 is 0. The fraction of sp³-hybridized carbons (Fsp3) is 0.583. The molecule has 1 saturated carbocycles. The molecule has 0 aromatic rings. The average molecular weight is 176 g/mol. The number of carbonyl (C=O) groups is 1. The Labute approximate surface area is 80.2 Å². The average Bonchev–Trinajstić information content (AvgIpc) is 2.82. The topological polar surface area (TPSA) is 17.1 Å². The van der Waals surface area contributed by atoms with Crippen molar-refractivity contribution in [3.63, 3.8) is 0 Å². The molecule has 1 aliphatic rings. The number of hydrogen-bond donors (Lipinski definition) is 0. The molecule has 0 spiro atoms. The van der Waals surface area contributed by atoms with E-state index in [9.17, 15) is 4.79 Å². The van der Waals surface area contributed by atoms with Gasteiger partial charge in [0.25, 0.3) is 0 Å². The maximum Gasteiger partial charge on any atom is 0.153 e. The van der Waals surface area contributed by atoms with E-state index in [4.69, 9.17) is 0 Å². The number of ketones is 1. The van der Waals surface area contributed by atoms with Crippen molar-refractivity contribution in [3.8, 4) is 11.8 Å². The summed E-state index contributed by atoms with van der Waals surface area (Å²) < 4.78 is 0. The van der Waals surface area contributed by atoms with Gasteiger partial charge in [-0.15, -0.1) is 0 Å². The van der Waals surface area contributed by atoms with Crippen molar-refractivity contribution >= 4 is 5.78 Å². The maximum atomic E-state index is 10.5. The van der Waals surface area contributed by atoms with Crippen LogP contribution in [0.3, 0.4) is 0 Å². The van der Waals surface area contributed by atoms with Gasteiger partial charge in [-0.05, 0) is 37.3 Å². The standard InChI is InChI=1S/C12H16O/c1-3-11-9-12(11)8-6-4-5-7-10(2)13/h5,7,11-12H,3,8-9H2,1-2H3/b7-5+/t11-,12-/m0/s1. The number of carbonyl (C=O) groups excluding carboxylic acids is 1. The van der Waals surface area contributed by atoms with Gasteiger partial charge < -0.3 is 0 Å². The Morgan fingerprint density at radius 2 is 2.31 bits per heavy atom. The quantitative estimate of drug-likeness (QED) is 0.477. The fourth-order valence-electron chi connectivity index (χ4n) is 1.47. The molecule has 1 fully saturated rings. The SMILES string of the molecule is CC[C@H]1C[C@@H]1CC#C/C=C/C(C)=O. The van der Waals surface area contributed by atoms with E-state index in [-0.39, 0.29) is 5.78 Å². The summed E-state index contributed by atoms with van der Waals surface area (Å²) in [5.74, 6) is 7.78. The van der Waals surface area contributed by atoms with Crippen LogP contribution in [0.1, 0.15) is 33.1 Å². The molecule has 0 radical (unpaired) electrons. The minimum Gasteiger partial charge on any atom is -0.295 e. The molecule has 0 saturated heterocycles.